The normalized spacial score (nSPS) is 11.2. The summed E-state index contributed by atoms with van der Waals surface area (Å²) in [6.45, 7) is 0.0986. The van der Waals surface area contributed by atoms with Gasteiger partial charge in [-0.25, -0.2) is 0 Å². The van der Waals surface area contributed by atoms with Gasteiger partial charge in [0.25, 0.3) is 0 Å². The number of aromatic nitrogens is 2. The molecule has 0 saturated carbocycles. The number of methoxy groups -OCH3 is 1. The zero-order valence-electron chi connectivity index (χ0n) is 17.3. The molecule has 1 aromatic heterocycles. The van der Waals surface area contributed by atoms with E-state index in [1.807, 2.05) is 42.5 Å². The van der Waals surface area contributed by atoms with Gasteiger partial charge < -0.3 is 19.3 Å². The van der Waals surface area contributed by atoms with Gasteiger partial charge >= 0.3 is 6.09 Å². The summed E-state index contributed by atoms with van der Waals surface area (Å²) in [7, 11) is 5.05. The third-order valence-electron chi connectivity index (χ3n) is 4.70. The Hall–Kier alpha value is -3.36. The van der Waals surface area contributed by atoms with Gasteiger partial charge in [0.05, 0.1) is 34.0 Å². The molecule has 30 heavy (non-hydrogen) atoms. The smallest absolute Gasteiger partial charge is 0.497 e. The minimum Gasteiger partial charge on any atom is -0.497 e. The van der Waals surface area contributed by atoms with Crippen LogP contribution in [-0.2, 0) is 11.3 Å². The molecule has 0 fully saturated rings. The molecule has 0 radical (unpaired) electrons. The van der Waals surface area contributed by atoms with E-state index in [1.165, 1.54) is 0 Å². The van der Waals surface area contributed by atoms with Gasteiger partial charge in [-0.15, -0.1) is 0 Å². The fourth-order valence-corrected chi connectivity index (χ4v) is 3.00. The number of hydrogen-bond acceptors (Lipinski definition) is 6. The van der Waals surface area contributed by atoms with E-state index in [4.69, 9.17) is 14.2 Å². The number of nitrogens with zero attached hydrogens (tertiary/aromatic N) is 2. The summed E-state index contributed by atoms with van der Waals surface area (Å²) in [4.78, 5) is 12.9. The van der Waals surface area contributed by atoms with Crippen molar-refractivity contribution in [1.82, 2.24) is 14.7 Å². The Kier molecular flexibility index (Phi) is 6.71. The van der Waals surface area contributed by atoms with Gasteiger partial charge in [-0.2, -0.15) is 14.4 Å². The fraction of sp³-hybridized carbons (Fsp3) is 0.273. The van der Waals surface area contributed by atoms with E-state index in [2.05, 4.69) is 10.2 Å². The SMILES string of the molecule is COc1cccc(COC(=O)[N+](C)(C)c2ccc(-c3cn[nH]c3)cc2OCCO)c1. The van der Waals surface area contributed by atoms with Crippen LogP contribution in [0.25, 0.3) is 11.1 Å². The molecular formula is C22H26N3O5+. The summed E-state index contributed by atoms with van der Waals surface area (Å²) in [6.07, 6.45) is 3.03. The maximum atomic E-state index is 12.9. The average molecular weight is 412 g/mol. The van der Waals surface area contributed by atoms with Gasteiger partial charge in [-0.05, 0) is 35.4 Å². The van der Waals surface area contributed by atoms with Gasteiger partial charge in [-0.1, -0.05) is 12.1 Å². The maximum Gasteiger partial charge on any atom is 0.521 e. The molecule has 1 heterocycles. The number of aromatic amines is 1. The molecule has 8 heteroatoms. The molecule has 3 rings (SSSR count). The summed E-state index contributed by atoms with van der Waals surface area (Å²) in [6, 6.07) is 12.9. The number of nitrogens with one attached hydrogen (secondary N) is 1. The lowest BCUT2D eigenvalue weighted by Gasteiger charge is -2.27. The van der Waals surface area contributed by atoms with E-state index in [1.54, 1.807) is 33.6 Å². The van der Waals surface area contributed by atoms with Gasteiger partial charge in [0.1, 0.15) is 19.0 Å². The molecule has 8 nitrogen and oxygen atoms in total. The van der Waals surface area contributed by atoms with Crippen molar-refractivity contribution in [3.05, 3.63) is 60.4 Å². The van der Waals surface area contributed by atoms with Gasteiger partial charge in [-0.3, -0.25) is 5.10 Å². The number of benzene rings is 2. The Morgan fingerprint density at radius 1 is 1.17 bits per heavy atom. The molecule has 2 N–H and O–H groups in total. The highest BCUT2D eigenvalue weighted by Gasteiger charge is 2.35. The minimum absolute atomic E-state index is 0.112. The highest BCUT2D eigenvalue weighted by molar-refractivity contribution is 5.84. The van der Waals surface area contributed by atoms with Crippen LogP contribution in [0.2, 0.25) is 0 Å². The number of carbonyl (C=O) groups is 1. The maximum absolute atomic E-state index is 12.9. The number of quaternary nitrogens is 1. The Labute approximate surface area is 175 Å². The third-order valence-corrected chi connectivity index (χ3v) is 4.70. The monoisotopic (exact) mass is 412 g/mol. The Balaban J connectivity index is 1.82. The number of hydrogen-bond donors (Lipinski definition) is 2. The molecule has 0 aliphatic rings. The van der Waals surface area contributed by atoms with Crippen molar-refractivity contribution in [1.29, 1.82) is 0 Å². The fourth-order valence-electron chi connectivity index (χ4n) is 3.00. The Morgan fingerprint density at radius 2 is 2.00 bits per heavy atom. The molecule has 2 aromatic carbocycles. The molecule has 0 atom stereocenters. The van der Waals surface area contributed by atoms with E-state index >= 15 is 0 Å². The molecule has 3 aromatic rings. The zero-order chi connectivity index (χ0) is 21.6. The highest BCUT2D eigenvalue weighted by atomic mass is 16.6. The molecule has 0 saturated heterocycles. The number of amides is 1. The molecule has 0 unspecified atom stereocenters. The summed E-state index contributed by atoms with van der Waals surface area (Å²) in [5, 5.41) is 15.9. The van der Waals surface area contributed by atoms with Crippen molar-refractivity contribution in [2.75, 3.05) is 34.4 Å². The number of carbonyl (C=O) groups excluding carboxylic acids is 1. The van der Waals surface area contributed by atoms with Crippen LogP contribution in [-0.4, -0.2) is 55.8 Å². The minimum atomic E-state index is -0.442. The number of ether oxygens (including phenoxy) is 3. The quantitative estimate of drug-likeness (QED) is 0.551. The van der Waals surface area contributed by atoms with Crippen molar-refractivity contribution in [2.24, 2.45) is 0 Å². The first kappa shape index (κ1) is 21.4. The zero-order valence-corrected chi connectivity index (χ0v) is 17.3. The van der Waals surface area contributed by atoms with Crippen molar-refractivity contribution in [3.8, 4) is 22.6 Å². The molecule has 1 amide bonds. The predicted octanol–water partition coefficient (Wildman–Crippen LogP) is 3.36. The second-order valence-corrected chi connectivity index (χ2v) is 7.10. The first-order valence-corrected chi connectivity index (χ1v) is 9.47. The standard InChI is InChI=1S/C22H26N3O5/c1-25(2,22(27)30-15-16-5-4-6-19(11-16)28-3)20-8-7-17(18-13-23-24-14-18)12-21(20)29-10-9-26/h4-8,11-14,26H,9-10,15H2,1-3H3,(H,23,24)/q+1. The average Bonchev–Trinajstić information content (AvgIpc) is 3.30. The van der Waals surface area contributed by atoms with Crippen LogP contribution in [0.4, 0.5) is 10.5 Å². The third kappa shape index (κ3) is 4.79. The molecule has 158 valence electrons. The first-order chi connectivity index (χ1) is 14.5. The van der Waals surface area contributed by atoms with Crippen LogP contribution in [0.3, 0.4) is 0 Å². The van der Waals surface area contributed by atoms with Crippen molar-refractivity contribution in [2.45, 2.75) is 6.61 Å². The Bertz CT molecular complexity index is 986. The summed E-state index contributed by atoms with van der Waals surface area (Å²) < 4.78 is 16.3. The Morgan fingerprint density at radius 3 is 2.70 bits per heavy atom. The van der Waals surface area contributed by atoms with E-state index in [0.717, 1.165) is 16.7 Å². The van der Waals surface area contributed by atoms with Crippen LogP contribution in [0, 0.1) is 0 Å². The second-order valence-electron chi connectivity index (χ2n) is 7.10. The topological polar surface area (TPSA) is 93.7 Å². The number of H-pyrrole nitrogens is 1. The van der Waals surface area contributed by atoms with Crippen LogP contribution < -0.4 is 14.0 Å². The number of aliphatic hydroxyl groups excluding tert-OH is 1. The van der Waals surface area contributed by atoms with E-state index in [0.29, 0.717) is 17.2 Å². The molecule has 0 aliphatic heterocycles. The van der Waals surface area contributed by atoms with Crippen molar-refractivity contribution < 1.29 is 24.1 Å². The number of rotatable bonds is 8. The van der Waals surface area contributed by atoms with Gasteiger partial charge in [0, 0.05) is 17.8 Å². The van der Waals surface area contributed by atoms with Crippen LogP contribution in [0.1, 0.15) is 5.56 Å². The lowest BCUT2D eigenvalue weighted by molar-refractivity contribution is 0.111. The van der Waals surface area contributed by atoms with Crippen molar-refractivity contribution >= 4 is 11.8 Å². The largest absolute Gasteiger partial charge is 0.521 e. The first-order valence-electron chi connectivity index (χ1n) is 9.47. The van der Waals surface area contributed by atoms with Crippen LogP contribution in [0.15, 0.2) is 54.9 Å². The molecular weight excluding hydrogens is 386 g/mol. The van der Waals surface area contributed by atoms with E-state index in [9.17, 15) is 9.90 Å². The summed E-state index contributed by atoms with van der Waals surface area (Å²) >= 11 is 0. The molecule has 0 spiro atoms. The van der Waals surface area contributed by atoms with Gasteiger partial charge in [0.2, 0.25) is 0 Å². The van der Waals surface area contributed by atoms with Crippen LogP contribution >= 0.6 is 0 Å². The summed E-state index contributed by atoms with van der Waals surface area (Å²) in [5.41, 5.74) is 3.22. The lowest BCUT2D eigenvalue weighted by atomic mass is 10.1. The van der Waals surface area contributed by atoms with Crippen molar-refractivity contribution in [3.63, 3.8) is 0 Å². The lowest BCUT2D eigenvalue weighted by Crippen LogP contribution is -2.47. The molecule has 0 bridgehead atoms. The molecule has 0 aliphatic carbocycles. The van der Waals surface area contributed by atoms with Gasteiger partial charge in [0.15, 0.2) is 11.4 Å². The number of aliphatic hydroxyl groups is 1. The van der Waals surface area contributed by atoms with E-state index in [-0.39, 0.29) is 24.3 Å². The van der Waals surface area contributed by atoms with Crippen LogP contribution in [0.5, 0.6) is 11.5 Å². The second kappa shape index (κ2) is 9.43. The summed E-state index contributed by atoms with van der Waals surface area (Å²) in [5.74, 6) is 1.19. The van der Waals surface area contributed by atoms with E-state index < -0.39 is 6.09 Å². The highest BCUT2D eigenvalue weighted by Crippen LogP contribution is 2.36. The predicted molar refractivity (Wildman–Crippen MR) is 113 cm³/mol.